The minimum atomic E-state index is -4.31. The van der Waals surface area contributed by atoms with Gasteiger partial charge in [0.2, 0.25) is 0 Å². The Morgan fingerprint density at radius 3 is 2.08 bits per heavy atom. The van der Waals surface area contributed by atoms with Gasteiger partial charge in [-0.05, 0) is 76.2 Å². The molecule has 0 saturated carbocycles. The van der Waals surface area contributed by atoms with Crippen molar-refractivity contribution in [2.24, 2.45) is 0 Å². The SMILES string of the molecule is C=C(CCC(=C)c1ccc2sccc2c1)c1ccc(C(F)(F)F)cc1. The van der Waals surface area contributed by atoms with Gasteiger partial charge in [-0.3, -0.25) is 0 Å². The summed E-state index contributed by atoms with van der Waals surface area (Å²) in [4.78, 5) is 0. The zero-order valence-electron chi connectivity index (χ0n) is 13.6. The molecule has 4 heteroatoms. The second-order valence-electron chi connectivity index (χ2n) is 5.96. The van der Waals surface area contributed by atoms with Crippen LogP contribution < -0.4 is 0 Å². The van der Waals surface area contributed by atoms with E-state index in [1.165, 1.54) is 22.2 Å². The van der Waals surface area contributed by atoms with Crippen LogP contribution in [0.1, 0.15) is 29.5 Å². The maximum absolute atomic E-state index is 12.6. The molecule has 0 unspecified atom stereocenters. The summed E-state index contributed by atoms with van der Waals surface area (Å²) in [7, 11) is 0. The lowest BCUT2D eigenvalue weighted by atomic mass is 9.96. The lowest BCUT2D eigenvalue weighted by molar-refractivity contribution is -0.137. The Kier molecular flexibility index (Phi) is 4.82. The fourth-order valence-electron chi connectivity index (χ4n) is 2.67. The van der Waals surface area contributed by atoms with Gasteiger partial charge >= 0.3 is 6.18 Å². The Balaban J connectivity index is 1.64. The molecule has 128 valence electrons. The first-order valence-electron chi connectivity index (χ1n) is 7.85. The molecule has 1 aromatic heterocycles. The number of fused-ring (bicyclic) bond motifs is 1. The van der Waals surface area contributed by atoms with Gasteiger partial charge in [-0.1, -0.05) is 31.4 Å². The predicted octanol–water partition coefficient (Wildman–Crippen LogP) is 7.43. The molecule has 0 aliphatic carbocycles. The summed E-state index contributed by atoms with van der Waals surface area (Å²) in [6, 6.07) is 13.5. The Hall–Kier alpha value is -2.33. The van der Waals surface area contributed by atoms with Crippen LogP contribution in [0.2, 0.25) is 0 Å². The summed E-state index contributed by atoms with van der Waals surface area (Å²) >= 11 is 1.70. The monoisotopic (exact) mass is 358 g/mol. The van der Waals surface area contributed by atoms with Gasteiger partial charge in [0, 0.05) is 4.70 Å². The van der Waals surface area contributed by atoms with Crippen molar-refractivity contribution in [2.45, 2.75) is 19.0 Å². The largest absolute Gasteiger partial charge is 0.416 e. The fraction of sp³-hybridized carbons (Fsp3) is 0.143. The van der Waals surface area contributed by atoms with Crippen molar-refractivity contribution in [2.75, 3.05) is 0 Å². The molecule has 0 saturated heterocycles. The van der Waals surface area contributed by atoms with Crippen molar-refractivity contribution in [3.8, 4) is 0 Å². The first-order chi connectivity index (χ1) is 11.8. The van der Waals surface area contributed by atoms with Crippen LogP contribution in [0.15, 0.2) is 67.1 Å². The highest BCUT2D eigenvalue weighted by Crippen LogP contribution is 2.32. The number of halogens is 3. The molecule has 0 spiro atoms. The number of rotatable bonds is 5. The van der Waals surface area contributed by atoms with Crippen molar-refractivity contribution < 1.29 is 13.2 Å². The van der Waals surface area contributed by atoms with E-state index in [9.17, 15) is 13.2 Å². The smallest absolute Gasteiger partial charge is 0.166 e. The van der Waals surface area contributed by atoms with Crippen LogP contribution in [0.4, 0.5) is 13.2 Å². The summed E-state index contributed by atoms with van der Waals surface area (Å²) in [5.74, 6) is 0. The van der Waals surface area contributed by atoms with Gasteiger partial charge in [0.25, 0.3) is 0 Å². The number of thiophene rings is 1. The molecule has 25 heavy (non-hydrogen) atoms. The summed E-state index contributed by atoms with van der Waals surface area (Å²) in [5, 5.41) is 3.26. The molecule has 0 fully saturated rings. The molecule has 1 heterocycles. The van der Waals surface area contributed by atoms with E-state index < -0.39 is 11.7 Å². The van der Waals surface area contributed by atoms with Crippen LogP contribution in [-0.4, -0.2) is 0 Å². The van der Waals surface area contributed by atoms with E-state index in [-0.39, 0.29) is 0 Å². The zero-order valence-corrected chi connectivity index (χ0v) is 14.4. The van der Waals surface area contributed by atoms with E-state index in [1.54, 1.807) is 11.3 Å². The molecule has 3 rings (SSSR count). The van der Waals surface area contributed by atoms with E-state index in [2.05, 4.69) is 42.8 Å². The van der Waals surface area contributed by atoms with E-state index in [4.69, 9.17) is 0 Å². The molecule has 0 N–H and O–H groups in total. The zero-order chi connectivity index (χ0) is 18.0. The van der Waals surface area contributed by atoms with Crippen molar-refractivity contribution in [3.05, 3.63) is 83.8 Å². The highest BCUT2D eigenvalue weighted by molar-refractivity contribution is 7.17. The summed E-state index contributed by atoms with van der Waals surface area (Å²) in [6.45, 7) is 8.15. The molecule has 0 aliphatic heterocycles. The van der Waals surface area contributed by atoms with E-state index in [0.717, 1.165) is 40.8 Å². The van der Waals surface area contributed by atoms with Crippen LogP contribution in [0.25, 0.3) is 21.2 Å². The van der Waals surface area contributed by atoms with Crippen LogP contribution in [0.3, 0.4) is 0 Å². The average Bonchev–Trinajstić information content (AvgIpc) is 3.06. The molecular weight excluding hydrogens is 341 g/mol. The third-order valence-electron chi connectivity index (χ3n) is 4.21. The van der Waals surface area contributed by atoms with Gasteiger partial charge in [0.05, 0.1) is 5.56 Å². The second kappa shape index (κ2) is 6.89. The van der Waals surface area contributed by atoms with Gasteiger partial charge in [0.15, 0.2) is 0 Å². The van der Waals surface area contributed by atoms with E-state index in [0.29, 0.717) is 6.42 Å². The lowest BCUT2D eigenvalue weighted by Gasteiger charge is -2.11. The lowest BCUT2D eigenvalue weighted by Crippen LogP contribution is -2.04. The average molecular weight is 358 g/mol. The maximum Gasteiger partial charge on any atom is 0.416 e. The Morgan fingerprint density at radius 1 is 0.840 bits per heavy atom. The van der Waals surface area contributed by atoms with Gasteiger partial charge in [-0.15, -0.1) is 11.3 Å². The maximum atomic E-state index is 12.6. The van der Waals surface area contributed by atoms with E-state index >= 15 is 0 Å². The van der Waals surface area contributed by atoms with Crippen molar-refractivity contribution in [1.82, 2.24) is 0 Å². The Morgan fingerprint density at radius 2 is 1.44 bits per heavy atom. The van der Waals surface area contributed by atoms with Gasteiger partial charge in [-0.25, -0.2) is 0 Å². The third kappa shape index (κ3) is 4.02. The Labute approximate surface area is 148 Å². The Bertz CT molecular complexity index is 914. The number of allylic oxidation sites excluding steroid dienone is 2. The topological polar surface area (TPSA) is 0 Å². The van der Waals surface area contributed by atoms with Gasteiger partial charge in [0.1, 0.15) is 0 Å². The normalized spacial score (nSPS) is 11.6. The standard InChI is InChI=1S/C21H17F3S/c1-14(16-5-8-19(9-6-16)21(22,23)24)3-4-15(2)17-7-10-20-18(13-17)11-12-25-20/h5-13H,1-4H2. The molecule has 0 nitrogen and oxygen atoms in total. The first-order valence-corrected chi connectivity index (χ1v) is 8.73. The molecule has 0 atom stereocenters. The third-order valence-corrected chi connectivity index (χ3v) is 5.11. The molecule has 0 aliphatic rings. The molecule has 3 aromatic rings. The first kappa shape index (κ1) is 17.5. The quantitative estimate of drug-likeness (QED) is 0.445. The van der Waals surface area contributed by atoms with Crippen molar-refractivity contribution in [1.29, 1.82) is 0 Å². The number of hydrogen-bond acceptors (Lipinski definition) is 1. The minimum Gasteiger partial charge on any atom is -0.166 e. The highest BCUT2D eigenvalue weighted by Gasteiger charge is 2.29. The van der Waals surface area contributed by atoms with Crippen LogP contribution in [-0.2, 0) is 6.18 Å². The molecule has 0 amide bonds. The molecular formula is C21H17F3S. The van der Waals surface area contributed by atoms with E-state index in [1.807, 2.05) is 0 Å². The molecule has 2 aromatic carbocycles. The van der Waals surface area contributed by atoms with Gasteiger partial charge in [-0.2, -0.15) is 13.2 Å². The van der Waals surface area contributed by atoms with Crippen LogP contribution in [0.5, 0.6) is 0 Å². The highest BCUT2D eigenvalue weighted by atomic mass is 32.1. The predicted molar refractivity (Wildman–Crippen MR) is 101 cm³/mol. The summed E-state index contributed by atoms with van der Waals surface area (Å²) in [5.41, 5.74) is 2.99. The van der Waals surface area contributed by atoms with Crippen molar-refractivity contribution >= 4 is 32.6 Å². The summed E-state index contributed by atoms with van der Waals surface area (Å²) < 4.78 is 39.1. The fourth-order valence-corrected chi connectivity index (χ4v) is 3.44. The second-order valence-corrected chi connectivity index (χ2v) is 6.90. The number of alkyl halides is 3. The van der Waals surface area contributed by atoms with Gasteiger partial charge < -0.3 is 0 Å². The van der Waals surface area contributed by atoms with Crippen LogP contribution in [0, 0.1) is 0 Å². The number of benzene rings is 2. The summed E-state index contributed by atoms with van der Waals surface area (Å²) in [6.07, 6.45) is -2.93. The number of hydrogen-bond donors (Lipinski definition) is 0. The minimum absolute atomic E-state index is 0.641. The molecule has 0 radical (unpaired) electrons. The van der Waals surface area contributed by atoms with Crippen molar-refractivity contribution in [3.63, 3.8) is 0 Å². The van der Waals surface area contributed by atoms with Crippen LogP contribution >= 0.6 is 11.3 Å². The molecule has 0 bridgehead atoms.